The van der Waals surface area contributed by atoms with Crippen molar-refractivity contribution in [1.29, 1.82) is 0 Å². The van der Waals surface area contributed by atoms with E-state index in [1.54, 1.807) is 43.5 Å². The molecule has 122 valence electrons. The molecule has 0 atom stereocenters. The maximum absolute atomic E-state index is 11.0. The van der Waals surface area contributed by atoms with E-state index >= 15 is 0 Å². The van der Waals surface area contributed by atoms with E-state index in [-0.39, 0.29) is 11.5 Å². The minimum atomic E-state index is -0.923. The van der Waals surface area contributed by atoms with Crippen molar-refractivity contribution in [2.45, 2.75) is 0 Å². The molecule has 2 rings (SSSR count). The van der Waals surface area contributed by atoms with Crippen LogP contribution in [0.5, 0.6) is 11.5 Å². The summed E-state index contributed by atoms with van der Waals surface area (Å²) < 4.78 is 14.3. The Balaban J connectivity index is 0.000000231. The third-order valence-corrected chi connectivity index (χ3v) is 2.85. The van der Waals surface area contributed by atoms with Crippen LogP contribution >= 0.6 is 0 Å². The summed E-state index contributed by atoms with van der Waals surface area (Å²) in [5.74, 6) is 0.128. The van der Waals surface area contributed by atoms with Crippen LogP contribution in [0.1, 0.15) is 20.7 Å². The van der Waals surface area contributed by atoms with Crippen molar-refractivity contribution in [2.75, 3.05) is 21.3 Å². The zero-order chi connectivity index (χ0) is 17.2. The molecule has 0 fully saturated rings. The highest BCUT2D eigenvalue weighted by atomic mass is 16.5. The van der Waals surface area contributed by atoms with Crippen LogP contribution in [-0.2, 0) is 4.74 Å². The van der Waals surface area contributed by atoms with Crippen molar-refractivity contribution in [2.24, 2.45) is 0 Å². The smallest absolute Gasteiger partial charge is 0.337 e. The van der Waals surface area contributed by atoms with Gasteiger partial charge in [-0.15, -0.1) is 0 Å². The summed E-state index contributed by atoms with van der Waals surface area (Å²) in [6.07, 6.45) is 0. The zero-order valence-electron chi connectivity index (χ0n) is 13.1. The Kier molecular flexibility index (Phi) is 7.13. The van der Waals surface area contributed by atoms with Crippen molar-refractivity contribution >= 4 is 11.9 Å². The molecule has 0 radical (unpaired) electrons. The van der Waals surface area contributed by atoms with E-state index in [0.717, 1.165) is 5.75 Å². The highest BCUT2D eigenvalue weighted by molar-refractivity contribution is 5.89. The third kappa shape index (κ3) is 5.70. The molecule has 6 nitrogen and oxygen atoms in total. The molecule has 0 saturated carbocycles. The molecule has 0 aromatic heterocycles. The topological polar surface area (TPSA) is 82.1 Å². The molecule has 0 aliphatic rings. The quantitative estimate of drug-likeness (QED) is 0.873. The number of carbonyl (C=O) groups excluding carboxylic acids is 1. The Morgan fingerprint density at radius 3 is 1.43 bits per heavy atom. The van der Waals surface area contributed by atoms with Crippen LogP contribution < -0.4 is 9.47 Å². The number of hydrogen-bond donors (Lipinski definition) is 1. The normalized spacial score (nSPS) is 9.17. The van der Waals surface area contributed by atoms with Gasteiger partial charge in [-0.3, -0.25) is 0 Å². The summed E-state index contributed by atoms with van der Waals surface area (Å²) in [5, 5.41) is 8.51. The van der Waals surface area contributed by atoms with Gasteiger partial charge in [0.1, 0.15) is 11.5 Å². The zero-order valence-corrected chi connectivity index (χ0v) is 13.1. The monoisotopic (exact) mass is 318 g/mol. The fraction of sp³-hybridized carbons (Fsp3) is 0.176. The molecule has 0 saturated heterocycles. The minimum Gasteiger partial charge on any atom is -0.497 e. The summed E-state index contributed by atoms with van der Waals surface area (Å²) in [4.78, 5) is 21.3. The number of rotatable bonds is 4. The predicted octanol–water partition coefficient (Wildman–Crippen LogP) is 2.88. The first-order valence-electron chi connectivity index (χ1n) is 6.61. The maximum atomic E-state index is 11.0. The second-order valence-electron chi connectivity index (χ2n) is 4.25. The second kappa shape index (κ2) is 9.09. The van der Waals surface area contributed by atoms with Gasteiger partial charge in [0.15, 0.2) is 0 Å². The molecule has 6 heteroatoms. The van der Waals surface area contributed by atoms with Crippen LogP contribution in [0.15, 0.2) is 48.5 Å². The lowest BCUT2D eigenvalue weighted by Crippen LogP contribution is -2.00. The Bertz CT molecular complexity index is 631. The lowest BCUT2D eigenvalue weighted by Gasteiger charge is -2.00. The Morgan fingerprint density at radius 2 is 1.13 bits per heavy atom. The predicted molar refractivity (Wildman–Crippen MR) is 84.3 cm³/mol. The molecule has 0 aliphatic heterocycles. The van der Waals surface area contributed by atoms with Crippen LogP contribution in [-0.4, -0.2) is 38.4 Å². The number of benzene rings is 2. The van der Waals surface area contributed by atoms with Crippen LogP contribution in [0.3, 0.4) is 0 Å². The number of carbonyl (C=O) groups is 2. The Labute approximate surface area is 134 Å². The van der Waals surface area contributed by atoms with Crippen LogP contribution in [0.4, 0.5) is 0 Å². The molecule has 0 spiro atoms. The average molecular weight is 318 g/mol. The van der Waals surface area contributed by atoms with Gasteiger partial charge in [-0.05, 0) is 48.5 Å². The van der Waals surface area contributed by atoms with E-state index in [4.69, 9.17) is 14.6 Å². The van der Waals surface area contributed by atoms with Gasteiger partial charge in [-0.1, -0.05) is 0 Å². The number of hydrogen-bond acceptors (Lipinski definition) is 5. The van der Waals surface area contributed by atoms with Gasteiger partial charge in [0, 0.05) is 0 Å². The van der Waals surface area contributed by atoms with E-state index in [1.165, 1.54) is 26.4 Å². The van der Waals surface area contributed by atoms with E-state index < -0.39 is 5.97 Å². The molecule has 0 aliphatic carbocycles. The van der Waals surface area contributed by atoms with Gasteiger partial charge in [-0.2, -0.15) is 0 Å². The van der Waals surface area contributed by atoms with Crippen LogP contribution in [0.2, 0.25) is 0 Å². The van der Waals surface area contributed by atoms with Gasteiger partial charge in [0.2, 0.25) is 0 Å². The number of carboxylic acid groups (broad SMARTS) is 1. The van der Waals surface area contributed by atoms with Crippen molar-refractivity contribution in [1.82, 2.24) is 0 Å². The van der Waals surface area contributed by atoms with Gasteiger partial charge >= 0.3 is 11.9 Å². The number of methoxy groups -OCH3 is 3. The molecule has 2 aromatic rings. The minimum absolute atomic E-state index is 0.269. The lowest BCUT2D eigenvalue weighted by atomic mass is 10.2. The maximum Gasteiger partial charge on any atom is 0.337 e. The standard InChI is InChI=1S/C9H10O3.C8H8O3/c1-11-8-5-3-7(4-6-8)9(10)12-2;1-11-7-4-2-6(3-5-7)8(9)10/h3-6H,1-2H3;2-5H,1H3,(H,9,10). The number of aromatic carboxylic acids is 1. The summed E-state index contributed by atoms with van der Waals surface area (Å²) in [6, 6.07) is 13.0. The largest absolute Gasteiger partial charge is 0.497 e. The summed E-state index contributed by atoms with van der Waals surface area (Å²) in [6.45, 7) is 0. The first-order valence-corrected chi connectivity index (χ1v) is 6.61. The molecule has 0 amide bonds. The lowest BCUT2D eigenvalue weighted by molar-refractivity contribution is 0.0599. The number of esters is 1. The Morgan fingerprint density at radius 1 is 0.739 bits per heavy atom. The molecule has 0 heterocycles. The van der Waals surface area contributed by atoms with Gasteiger partial charge in [0.05, 0.1) is 32.5 Å². The number of carboxylic acids is 1. The highest BCUT2D eigenvalue weighted by Crippen LogP contribution is 2.12. The van der Waals surface area contributed by atoms with E-state index in [1.807, 2.05) is 0 Å². The molecule has 0 unspecified atom stereocenters. The van der Waals surface area contributed by atoms with Gasteiger partial charge in [-0.25, -0.2) is 9.59 Å². The number of ether oxygens (including phenoxy) is 3. The van der Waals surface area contributed by atoms with Gasteiger partial charge in [0.25, 0.3) is 0 Å². The summed E-state index contributed by atoms with van der Waals surface area (Å²) in [5.41, 5.74) is 0.795. The summed E-state index contributed by atoms with van der Waals surface area (Å²) >= 11 is 0. The molecule has 23 heavy (non-hydrogen) atoms. The van der Waals surface area contributed by atoms with Crippen LogP contribution in [0, 0.1) is 0 Å². The van der Waals surface area contributed by atoms with Crippen molar-refractivity contribution in [3.63, 3.8) is 0 Å². The Hall–Kier alpha value is -3.02. The SMILES string of the molecule is COC(=O)c1ccc(OC)cc1.COc1ccc(C(=O)O)cc1. The fourth-order valence-corrected chi connectivity index (χ4v) is 1.58. The van der Waals surface area contributed by atoms with Crippen LogP contribution in [0.25, 0.3) is 0 Å². The van der Waals surface area contributed by atoms with Crippen molar-refractivity contribution in [3.05, 3.63) is 59.7 Å². The fourth-order valence-electron chi connectivity index (χ4n) is 1.58. The van der Waals surface area contributed by atoms with Gasteiger partial charge < -0.3 is 19.3 Å². The van der Waals surface area contributed by atoms with E-state index in [2.05, 4.69) is 4.74 Å². The van der Waals surface area contributed by atoms with E-state index in [0.29, 0.717) is 11.3 Å². The average Bonchev–Trinajstić information content (AvgIpc) is 2.61. The third-order valence-electron chi connectivity index (χ3n) is 2.85. The van der Waals surface area contributed by atoms with Crippen molar-refractivity contribution in [3.8, 4) is 11.5 Å². The van der Waals surface area contributed by atoms with Crippen molar-refractivity contribution < 1.29 is 28.9 Å². The molecule has 2 aromatic carbocycles. The first-order chi connectivity index (χ1) is 11.0. The molecule has 1 N–H and O–H groups in total. The molecule has 0 bridgehead atoms. The second-order valence-corrected chi connectivity index (χ2v) is 4.25. The van der Waals surface area contributed by atoms with E-state index in [9.17, 15) is 9.59 Å². The molecular weight excluding hydrogens is 300 g/mol. The first kappa shape index (κ1) is 18.0. The summed E-state index contributed by atoms with van der Waals surface area (Å²) in [7, 11) is 4.47. The highest BCUT2D eigenvalue weighted by Gasteiger charge is 2.03. The molecular formula is C17H18O6.